The van der Waals surface area contributed by atoms with Gasteiger partial charge in [-0.15, -0.1) is 0 Å². The van der Waals surface area contributed by atoms with E-state index in [4.69, 9.17) is 16.3 Å². The van der Waals surface area contributed by atoms with E-state index in [0.717, 1.165) is 25.5 Å². The quantitative estimate of drug-likeness (QED) is 0.776. The van der Waals surface area contributed by atoms with Crippen LogP contribution in [0.15, 0.2) is 18.2 Å². The fourth-order valence-electron chi connectivity index (χ4n) is 2.58. The molecule has 0 unspecified atom stereocenters. The Hall–Kier alpha value is -1.47. The van der Waals surface area contributed by atoms with Crippen LogP contribution in [0.25, 0.3) is 0 Å². The number of hydrogen-bond acceptors (Lipinski definition) is 4. The van der Waals surface area contributed by atoms with Gasteiger partial charge >= 0.3 is 0 Å². The third-order valence-electron chi connectivity index (χ3n) is 3.83. The summed E-state index contributed by atoms with van der Waals surface area (Å²) in [5.74, 6) is 0.124. The van der Waals surface area contributed by atoms with Gasteiger partial charge in [-0.2, -0.15) is 0 Å². The van der Waals surface area contributed by atoms with Crippen LogP contribution in [-0.2, 0) is 14.8 Å². The molecule has 0 aliphatic carbocycles. The second-order valence-electron chi connectivity index (χ2n) is 5.84. The van der Waals surface area contributed by atoms with Gasteiger partial charge in [0.2, 0.25) is 10.0 Å². The number of amides is 1. The van der Waals surface area contributed by atoms with Crippen molar-refractivity contribution in [2.45, 2.75) is 38.7 Å². The molecular formula is C16H23ClN2O4S. The van der Waals surface area contributed by atoms with Gasteiger partial charge in [-0.3, -0.25) is 9.10 Å². The standard InChI is InChI=1S/C16H23ClN2O4S/c1-3-4-5-9-18-16(20)15-8-10-19(24(2,21)22)13-11-12(17)6-7-14(13)23-15/h6-7,11,15H,3-5,8-10H2,1-2H3,(H,18,20)/t15-/m0/s1. The van der Waals surface area contributed by atoms with Crippen molar-refractivity contribution in [3.8, 4) is 5.75 Å². The zero-order chi connectivity index (χ0) is 17.7. The number of nitrogens with one attached hydrogen (secondary N) is 1. The smallest absolute Gasteiger partial charge is 0.261 e. The lowest BCUT2D eigenvalue weighted by Gasteiger charge is -2.21. The van der Waals surface area contributed by atoms with Gasteiger partial charge in [0, 0.05) is 24.5 Å². The van der Waals surface area contributed by atoms with Crippen molar-refractivity contribution in [1.29, 1.82) is 0 Å². The molecule has 0 aromatic heterocycles. The number of unbranched alkanes of at least 4 members (excludes halogenated alkanes) is 2. The summed E-state index contributed by atoms with van der Waals surface area (Å²) in [5, 5.41) is 3.26. The SMILES string of the molecule is CCCCCNC(=O)[C@@H]1CCN(S(C)(=O)=O)c2cc(Cl)ccc2O1. The molecule has 0 radical (unpaired) electrons. The lowest BCUT2D eigenvalue weighted by molar-refractivity contribution is -0.128. The van der Waals surface area contributed by atoms with Crippen LogP contribution in [0.1, 0.15) is 32.6 Å². The van der Waals surface area contributed by atoms with E-state index in [9.17, 15) is 13.2 Å². The first-order valence-electron chi connectivity index (χ1n) is 8.04. The highest BCUT2D eigenvalue weighted by Crippen LogP contribution is 2.36. The van der Waals surface area contributed by atoms with E-state index in [1.165, 1.54) is 4.31 Å². The molecule has 134 valence electrons. The van der Waals surface area contributed by atoms with Crippen molar-refractivity contribution < 1.29 is 17.9 Å². The van der Waals surface area contributed by atoms with Gasteiger partial charge < -0.3 is 10.1 Å². The van der Waals surface area contributed by atoms with E-state index in [1.807, 2.05) is 0 Å². The summed E-state index contributed by atoms with van der Waals surface area (Å²) >= 11 is 5.99. The Morgan fingerprint density at radius 3 is 2.83 bits per heavy atom. The minimum absolute atomic E-state index is 0.166. The van der Waals surface area contributed by atoms with Gasteiger partial charge in [0.05, 0.1) is 11.9 Å². The highest BCUT2D eigenvalue weighted by atomic mass is 35.5. The fraction of sp³-hybridized carbons (Fsp3) is 0.562. The lowest BCUT2D eigenvalue weighted by Crippen LogP contribution is -2.40. The maximum absolute atomic E-state index is 12.3. The van der Waals surface area contributed by atoms with Crippen molar-refractivity contribution in [2.24, 2.45) is 0 Å². The van der Waals surface area contributed by atoms with Crippen LogP contribution in [0.3, 0.4) is 0 Å². The Morgan fingerprint density at radius 2 is 2.17 bits per heavy atom. The Labute approximate surface area is 148 Å². The number of sulfonamides is 1. The van der Waals surface area contributed by atoms with Crippen molar-refractivity contribution in [2.75, 3.05) is 23.7 Å². The van der Waals surface area contributed by atoms with E-state index >= 15 is 0 Å². The third-order valence-corrected chi connectivity index (χ3v) is 5.24. The van der Waals surface area contributed by atoms with E-state index in [1.54, 1.807) is 18.2 Å². The summed E-state index contributed by atoms with van der Waals surface area (Å²) < 4.78 is 31.1. The van der Waals surface area contributed by atoms with Gasteiger partial charge in [0.1, 0.15) is 5.75 Å². The number of benzene rings is 1. The molecule has 1 aromatic rings. The fourth-order valence-corrected chi connectivity index (χ4v) is 3.69. The number of hydrogen-bond donors (Lipinski definition) is 1. The molecule has 0 spiro atoms. The first-order chi connectivity index (χ1) is 11.3. The van der Waals surface area contributed by atoms with Gasteiger partial charge in [-0.05, 0) is 24.6 Å². The number of ether oxygens (including phenoxy) is 1. The van der Waals surface area contributed by atoms with Crippen molar-refractivity contribution in [1.82, 2.24) is 5.32 Å². The number of halogens is 1. The number of anilines is 1. The van der Waals surface area contributed by atoms with Crippen molar-refractivity contribution in [3.05, 3.63) is 23.2 Å². The molecule has 1 N–H and O–H groups in total. The largest absolute Gasteiger partial charge is 0.478 e. The average molecular weight is 375 g/mol. The molecule has 0 saturated carbocycles. The van der Waals surface area contributed by atoms with Crippen LogP contribution in [0.4, 0.5) is 5.69 Å². The highest BCUT2D eigenvalue weighted by Gasteiger charge is 2.31. The van der Waals surface area contributed by atoms with Gasteiger partial charge in [0.25, 0.3) is 5.91 Å². The highest BCUT2D eigenvalue weighted by molar-refractivity contribution is 7.92. The third kappa shape index (κ3) is 4.77. The Balaban J connectivity index is 2.18. The summed E-state index contributed by atoms with van der Waals surface area (Å²) in [4.78, 5) is 12.3. The molecule has 0 saturated heterocycles. The van der Waals surface area contributed by atoms with E-state index in [0.29, 0.717) is 23.0 Å². The number of fused-ring (bicyclic) bond motifs is 1. The summed E-state index contributed by atoms with van der Waals surface area (Å²) in [6, 6.07) is 4.75. The number of carbonyl (C=O) groups excluding carboxylic acids is 1. The topological polar surface area (TPSA) is 75.7 Å². The molecule has 1 aliphatic heterocycles. The second-order valence-corrected chi connectivity index (χ2v) is 8.18. The van der Waals surface area contributed by atoms with E-state index in [-0.39, 0.29) is 18.9 Å². The zero-order valence-electron chi connectivity index (χ0n) is 13.9. The minimum Gasteiger partial charge on any atom is -0.478 e. The first kappa shape index (κ1) is 18.9. The van der Waals surface area contributed by atoms with Crippen LogP contribution in [0.2, 0.25) is 5.02 Å². The Morgan fingerprint density at radius 1 is 1.42 bits per heavy atom. The molecule has 0 fully saturated rings. The van der Waals surface area contributed by atoms with E-state index < -0.39 is 16.1 Å². The molecule has 1 heterocycles. The molecule has 6 nitrogen and oxygen atoms in total. The number of carbonyl (C=O) groups is 1. The number of rotatable bonds is 6. The summed E-state index contributed by atoms with van der Waals surface area (Å²) in [6.45, 7) is 2.85. The van der Waals surface area contributed by atoms with Gasteiger partial charge in [-0.25, -0.2) is 8.42 Å². The summed E-state index contributed by atoms with van der Waals surface area (Å²) in [7, 11) is -3.49. The molecular weight excluding hydrogens is 352 g/mol. The van der Waals surface area contributed by atoms with Crippen LogP contribution in [0, 0.1) is 0 Å². The molecule has 1 aliphatic rings. The van der Waals surface area contributed by atoms with Gasteiger partial charge in [0.15, 0.2) is 6.10 Å². The normalized spacial score (nSPS) is 17.6. The summed E-state index contributed by atoms with van der Waals surface area (Å²) in [6.07, 6.45) is 3.72. The van der Waals surface area contributed by atoms with Crippen LogP contribution in [-0.4, -0.2) is 39.8 Å². The molecule has 24 heavy (non-hydrogen) atoms. The zero-order valence-corrected chi connectivity index (χ0v) is 15.5. The minimum atomic E-state index is -3.49. The van der Waals surface area contributed by atoms with Crippen LogP contribution < -0.4 is 14.4 Å². The second kappa shape index (κ2) is 8.07. The molecule has 1 aromatic carbocycles. The Bertz CT molecular complexity index is 693. The lowest BCUT2D eigenvalue weighted by atomic mass is 10.2. The number of nitrogens with zero attached hydrogens (tertiary/aromatic N) is 1. The monoisotopic (exact) mass is 374 g/mol. The maximum Gasteiger partial charge on any atom is 0.261 e. The molecule has 2 rings (SSSR count). The average Bonchev–Trinajstić information content (AvgIpc) is 2.70. The van der Waals surface area contributed by atoms with Crippen molar-refractivity contribution >= 4 is 33.2 Å². The van der Waals surface area contributed by atoms with Crippen LogP contribution in [0.5, 0.6) is 5.75 Å². The maximum atomic E-state index is 12.3. The summed E-state index contributed by atoms with van der Waals surface area (Å²) in [5.41, 5.74) is 0.367. The first-order valence-corrected chi connectivity index (χ1v) is 10.3. The van der Waals surface area contributed by atoms with Crippen LogP contribution >= 0.6 is 11.6 Å². The predicted molar refractivity (Wildman–Crippen MR) is 95.2 cm³/mol. The van der Waals surface area contributed by atoms with Crippen molar-refractivity contribution in [3.63, 3.8) is 0 Å². The predicted octanol–water partition coefficient (Wildman–Crippen LogP) is 2.56. The molecule has 1 amide bonds. The molecule has 8 heteroatoms. The molecule has 0 bridgehead atoms. The molecule has 1 atom stereocenters. The Kier molecular flexibility index (Phi) is 6.34. The van der Waals surface area contributed by atoms with E-state index in [2.05, 4.69) is 12.2 Å². The van der Waals surface area contributed by atoms with Gasteiger partial charge in [-0.1, -0.05) is 31.4 Å².